The molecule has 3 aromatic carbocycles. The molecule has 9 heteroatoms. The minimum Gasteiger partial charge on any atom is -0.497 e. The molecule has 1 aliphatic rings. The number of nitrogens with one attached hydrogen (secondary N) is 1. The van der Waals surface area contributed by atoms with Gasteiger partial charge >= 0.3 is 0 Å². The third-order valence-electron chi connectivity index (χ3n) is 5.59. The molecule has 0 spiro atoms. The molecular formula is C25H26N2O6S. The summed E-state index contributed by atoms with van der Waals surface area (Å²) in [5.74, 6) is 1.96. The lowest BCUT2D eigenvalue weighted by atomic mass is 10.2. The van der Waals surface area contributed by atoms with Gasteiger partial charge in [-0.3, -0.25) is 4.79 Å². The van der Waals surface area contributed by atoms with Crippen molar-refractivity contribution in [2.24, 2.45) is 0 Å². The highest BCUT2D eigenvalue weighted by molar-refractivity contribution is 7.89. The molecule has 178 valence electrons. The van der Waals surface area contributed by atoms with Gasteiger partial charge in [-0.15, -0.1) is 0 Å². The van der Waals surface area contributed by atoms with E-state index in [0.29, 0.717) is 41.5 Å². The Morgan fingerprint density at radius 2 is 1.53 bits per heavy atom. The standard InChI is InChI=1S/C25H26N2O6S/c1-31-19-13-15-21(16-14-19)34(29,30)27-17-5-6-22(27)25(28)26-18-9-11-20(12-10-18)33-24-8-4-3-7-23(24)32-2/h3-4,7-16,22H,5-6,17H2,1-2H3,(H,26,28)/t22-/m1/s1. The van der Waals surface area contributed by atoms with Gasteiger partial charge in [0.25, 0.3) is 0 Å². The molecular weight excluding hydrogens is 456 g/mol. The number of ether oxygens (including phenoxy) is 3. The van der Waals surface area contributed by atoms with Crippen LogP contribution in [0, 0.1) is 0 Å². The zero-order valence-electron chi connectivity index (χ0n) is 18.9. The van der Waals surface area contributed by atoms with E-state index in [4.69, 9.17) is 14.2 Å². The number of nitrogens with zero attached hydrogens (tertiary/aromatic N) is 1. The lowest BCUT2D eigenvalue weighted by Crippen LogP contribution is -2.43. The van der Waals surface area contributed by atoms with Crippen LogP contribution >= 0.6 is 0 Å². The molecule has 0 unspecified atom stereocenters. The topological polar surface area (TPSA) is 94.2 Å². The van der Waals surface area contributed by atoms with E-state index in [-0.39, 0.29) is 17.3 Å². The van der Waals surface area contributed by atoms with Gasteiger partial charge in [0.1, 0.15) is 17.5 Å². The van der Waals surface area contributed by atoms with Crippen molar-refractivity contribution in [2.45, 2.75) is 23.8 Å². The predicted molar refractivity (Wildman–Crippen MR) is 128 cm³/mol. The Labute approximate surface area is 199 Å². The molecule has 1 fully saturated rings. The number of carbonyl (C=O) groups is 1. The van der Waals surface area contributed by atoms with Crippen molar-refractivity contribution >= 4 is 21.6 Å². The molecule has 1 saturated heterocycles. The maximum atomic E-state index is 13.2. The molecule has 8 nitrogen and oxygen atoms in total. The third-order valence-corrected chi connectivity index (χ3v) is 7.51. The first kappa shape index (κ1) is 23.6. The number of para-hydroxylation sites is 2. The van der Waals surface area contributed by atoms with E-state index in [1.54, 1.807) is 55.6 Å². The summed E-state index contributed by atoms with van der Waals surface area (Å²) in [6.45, 7) is 0.290. The number of sulfonamides is 1. The van der Waals surface area contributed by atoms with Crippen LogP contribution in [-0.2, 0) is 14.8 Å². The zero-order valence-corrected chi connectivity index (χ0v) is 19.7. The van der Waals surface area contributed by atoms with Crippen molar-refractivity contribution in [2.75, 3.05) is 26.1 Å². The summed E-state index contributed by atoms with van der Waals surface area (Å²) in [5, 5.41) is 2.82. The molecule has 0 radical (unpaired) electrons. The van der Waals surface area contributed by atoms with Crippen LogP contribution < -0.4 is 19.5 Å². The van der Waals surface area contributed by atoms with Crippen LogP contribution in [0.3, 0.4) is 0 Å². The second-order valence-electron chi connectivity index (χ2n) is 7.72. The summed E-state index contributed by atoms with van der Waals surface area (Å²) >= 11 is 0. The van der Waals surface area contributed by atoms with Crippen LogP contribution in [0.2, 0.25) is 0 Å². The second-order valence-corrected chi connectivity index (χ2v) is 9.61. The fourth-order valence-corrected chi connectivity index (χ4v) is 5.49. The number of benzene rings is 3. The van der Waals surface area contributed by atoms with Gasteiger partial charge < -0.3 is 19.5 Å². The summed E-state index contributed by atoms with van der Waals surface area (Å²) in [5.41, 5.74) is 0.547. The first-order chi connectivity index (χ1) is 16.4. The van der Waals surface area contributed by atoms with Crippen molar-refractivity contribution in [3.63, 3.8) is 0 Å². The molecule has 1 N–H and O–H groups in total. The quantitative estimate of drug-likeness (QED) is 0.515. The van der Waals surface area contributed by atoms with E-state index < -0.39 is 16.1 Å². The molecule has 0 aromatic heterocycles. The van der Waals surface area contributed by atoms with Crippen molar-refractivity contribution in [3.8, 4) is 23.0 Å². The average molecular weight is 483 g/mol. The van der Waals surface area contributed by atoms with E-state index >= 15 is 0 Å². The van der Waals surface area contributed by atoms with Gasteiger partial charge in [-0.05, 0) is 73.5 Å². The number of hydrogen-bond acceptors (Lipinski definition) is 6. The molecule has 1 heterocycles. The summed E-state index contributed by atoms with van der Waals surface area (Å²) in [4.78, 5) is 13.1. The lowest BCUT2D eigenvalue weighted by Gasteiger charge is -2.23. The van der Waals surface area contributed by atoms with Crippen molar-refractivity contribution in [3.05, 3.63) is 72.8 Å². The Balaban J connectivity index is 1.44. The summed E-state index contributed by atoms with van der Waals surface area (Å²) in [6.07, 6.45) is 1.06. The SMILES string of the molecule is COc1ccc(S(=O)(=O)N2CCC[C@@H]2C(=O)Nc2ccc(Oc3ccccc3OC)cc2)cc1. The monoisotopic (exact) mass is 482 g/mol. The van der Waals surface area contributed by atoms with Crippen LogP contribution in [0.4, 0.5) is 5.69 Å². The molecule has 1 amide bonds. The predicted octanol–water partition coefficient (Wildman–Crippen LogP) is 4.29. The van der Waals surface area contributed by atoms with Crippen molar-refractivity contribution < 1.29 is 27.4 Å². The maximum absolute atomic E-state index is 13.2. The largest absolute Gasteiger partial charge is 0.497 e. The number of carbonyl (C=O) groups excluding carboxylic acids is 1. The van der Waals surface area contributed by atoms with Gasteiger partial charge in [0, 0.05) is 12.2 Å². The van der Waals surface area contributed by atoms with Crippen LogP contribution in [0.15, 0.2) is 77.7 Å². The number of amides is 1. The maximum Gasteiger partial charge on any atom is 0.243 e. The normalized spacial score (nSPS) is 16.1. The van der Waals surface area contributed by atoms with Gasteiger partial charge in [-0.25, -0.2) is 8.42 Å². The first-order valence-electron chi connectivity index (χ1n) is 10.8. The number of rotatable bonds is 8. The zero-order chi connectivity index (χ0) is 24.1. The Hall–Kier alpha value is -3.56. The Kier molecular flexibility index (Phi) is 7.04. The second kappa shape index (κ2) is 10.1. The Morgan fingerprint density at radius 3 is 2.18 bits per heavy atom. The number of methoxy groups -OCH3 is 2. The molecule has 1 aliphatic heterocycles. The van der Waals surface area contributed by atoms with E-state index in [2.05, 4.69) is 5.32 Å². The first-order valence-corrected chi connectivity index (χ1v) is 12.2. The lowest BCUT2D eigenvalue weighted by molar-refractivity contribution is -0.119. The fourth-order valence-electron chi connectivity index (χ4n) is 3.83. The highest BCUT2D eigenvalue weighted by Crippen LogP contribution is 2.32. The van der Waals surface area contributed by atoms with Crippen LogP contribution in [0.1, 0.15) is 12.8 Å². The summed E-state index contributed by atoms with van der Waals surface area (Å²) in [6, 6.07) is 19.5. The van der Waals surface area contributed by atoms with E-state index in [1.165, 1.54) is 23.5 Å². The number of hydrogen-bond donors (Lipinski definition) is 1. The molecule has 34 heavy (non-hydrogen) atoms. The minimum atomic E-state index is -3.81. The minimum absolute atomic E-state index is 0.130. The van der Waals surface area contributed by atoms with E-state index in [9.17, 15) is 13.2 Å². The smallest absolute Gasteiger partial charge is 0.243 e. The van der Waals surface area contributed by atoms with Crippen LogP contribution in [-0.4, -0.2) is 45.4 Å². The summed E-state index contributed by atoms with van der Waals surface area (Å²) < 4.78 is 43.8. The highest BCUT2D eigenvalue weighted by Gasteiger charge is 2.39. The van der Waals surface area contributed by atoms with Gasteiger partial charge in [-0.1, -0.05) is 12.1 Å². The van der Waals surface area contributed by atoms with Crippen molar-refractivity contribution in [1.82, 2.24) is 4.31 Å². The van der Waals surface area contributed by atoms with E-state index in [1.807, 2.05) is 12.1 Å². The molecule has 0 aliphatic carbocycles. The fraction of sp³-hybridized carbons (Fsp3) is 0.240. The average Bonchev–Trinajstić information content (AvgIpc) is 3.37. The van der Waals surface area contributed by atoms with Gasteiger partial charge in [0.15, 0.2) is 11.5 Å². The Morgan fingerprint density at radius 1 is 0.882 bits per heavy atom. The molecule has 1 atom stereocenters. The molecule has 4 rings (SSSR count). The van der Waals surface area contributed by atoms with E-state index in [0.717, 1.165) is 0 Å². The van der Waals surface area contributed by atoms with Gasteiger partial charge in [0.2, 0.25) is 15.9 Å². The van der Waals surface area contributed by atoms with Crippen LogP contribution in [0.25, 0.3) is 0 Å². The number of anilines is 1. The van der Waals surface area contributed by atoms with Gasteiger partial charge in [-0.2, -0.15) is 4.31 Å². The third kappa shape index (κ3) is 5.00. The molecule has 0 saturated carbocycles. The highest BCUT2D eigenvalue weighted by atomic mass is 32.2. The van der Waals surface area contributed by atoms with Crippen molar-refractivity contribution in [1.29, 1.82) is 0 Å². The molecule has 3 aromatic rings. The summed E-state index contributed by atoms with van der Waals surface area (Å²) in [7, 11) is -0.726. The Bertz CT molecular complexity index is 1240. The van der Waals surface area contributed by atoms with Gasteiger partial charge in [0.05, 0.1) is 19.1 Å². The molecule has 0 bridgehead atoms. The van der Waals surface area contributed by atoms with Crippen LogP contribution in [0.5, 0.6) is 23.0 Å².